The monoisotopic (exact) mass is 287 g/mol. The maximum atomic E-state index is 10.8. The van der Waals surface area contributed by atoms with E-state index < -0.39 is 0 Å². The Balaban J connectivity index is 1.43. The van der Waals surface area contributed by atoms with Gasteiger partial charge in [0.25, 0.3) is 0 Å². The Morgan fingerprint density at radius 3 is 3.10 bits per heavy atom. The SMILES string of the molecule is OC12CCCCC1CN(CC1COc3ccccc31)CC2. The van der Waals surface area contributed by atoms with Gasteiger partial charge in [-0.3, -0.25) is 0 Å². The molecule has 0 amide bonds. The zero-order chi connectivity index (χ0) is 14.3. The molecule has 1 aromatic carbocycles. The van der Waals surface area contributed by atoms with Gasteiger partial charge in [-0.25, -0.2) is 0 Å². The Bertz CT molecular complexity index is 518. The lowest BCUT2D eigenvalue weighted by Gasteiger charge is -2.47. The third-order valence-corrected chi connectivity index (χ3v) is 5.79. The second-order valence-corrected chi connectivity index (χ2v) is 7.10. The van der Waals surface area contributed by atoms with E-state index in [1.54, 1.807) is 0 Å². The lowest BCUT2D eigenvalue weighted by Crippen LogP contribution is -2.53. The molecule has 3 heteroatoms. The molecule has 3 unspecified atom stereocenters. The average Bonchev–Trinajstić information content (AvgIpc) is 2.91. The normalized spacial score (nSPS) is 35.9. The largest absolute Gasteiger partial charge is 0.493 e. The Kier molecular flexibility index (Phi) is 3.43. The highest BCUT2D eigenvalue weighted by atomic mass is 16.5. The number of nitrogens with zero attached hydrogens (tertiary/aromatic N) is 1. The summed E-state index contributed by atoms with van der Waals surface area (Å²) in [6, 6.07) is 8.43. The molecule has 2 aliphatic heterocycles. The molecule has 21 heavy (non-hydrogen) atoms. The molecule has 2 heterocycles. The van der Waals surface area contributed by atoms with E-state index in [2.05, 4.69) is 23.1 Å². The van der Waals surface area contributed by atoms with Crippen LogP contribution in [0.25, 0.3) is 0 Å². The fourth-order valence-corrected chi connectivity index (χ4v) is 4.50. The van der Waals surface area contributed by atoms with Crippen molar-refractivity contribution in [2.75, 3.05) is 26.2 Å². The van der Waals surface area contributed by atoms with Crippen LogP contribution in [0.2, 0.25) is 0 Å². The van der Waals surface area contributed by atoms with Crippen molar-refractivity contribution in [3.05, 3.63) is 29.8 Å². The van der Waals surface area contributed by atoms with Gasteiger partial charge in [-0.05, 0) is 25.3 Å². The summed E-state index contributed by atoms with van der Waals surface area (Å²) in [5.41, 5.74) is 1.00. The maximum Gasteiger partial charge on any atom is 0.122 e. The molecular formula is C18H25NO2. The number of rotatable bonds is 2. The minimum atomic E-state index is -0.362. The van der Waals surface area contributed by atoms with E-state index in [-0.39, 0.29) is 5.60 Å². The molecule has 3 atom stereocenters. The van der Waals surface area contributed by atoms with Crippen molar-refractivity contribution in [2.45, 2.75) is 43.6 Å². The van der Waals surface area contributed by atoms with Gasteiger partial charge < -0.3 is 14.7 Å². The number of likely N-dealkylation sites (tertiary alicyclic amines) is 1. The Morgan fingerprint density at radius 2 is 2.14 bits per heavy atom. The molecular weight excluding hydrogens is 262 g/mol. The molecule has 0 aromatic heterocycles. The minimum Gasteiger partial charge on any atom is -0.493 e. The highest BCUT2D eigenvalue weighted by Gasteiger charge is 2.43. The number of ether oxygens (including phenoxy) is 1. The van der Waals surface area contributed by atoms with Gasteiger partial charge in [0.05, 0.1) is 12.2 Å². The molecule has 3 nitrogen and oxygen atoms in total. The molecule has 1 aromatic rings. The highest BCUT2D eigenvalue weighted by Crippen LogP contribution is 2.41. The molecule has 2 fully saturated rings. The van der Waals surface area contributed by atoms with E-state index in [9.17, 15) is 5.11 Å². The highest BCUT2D eigenvalue weighted by molar-refractivity contribution is 5.39. The Hall–Kier alpha value is -1.06. The van der Waals surface area contributed by atoms with Gasteiger partial charge in [0, 0.05) is 37.0 Å². The molecule has 3 aliphatic rings. The first kappa shape index (κ1) is 13.6. The second-order valence-electron chi connectivity index (χ2n) is 7.10. The first-order valence-corrected chi connectivity index (χ1v) is 8.41. The van der Waals surface area contributed by atoms with Crippen LogP contribution in [0.4, 0.5) is 0 Å². The van der Waals surface area contributed by atoms with Gasteiger partial charge in [-0.1, -0.05) is 31.0 Å². The molecule has 1 saturated heterocycles. The number of hydrogen-bond acceptors (Lipinski definition) is 3. The summed E-state index contributed by atoms with van der Waals surface area (Å²) in [5, 5.41) is 10.8. The van der Waals surface area contributed by atoms with Crippen molar-refractivity contribution in [1.29, 1.82) is 0 Å². The summed E-state index contributed by atoms with van der Waals surface area (Å²) in [4.78, 5) is 2.56. The van der Waals surface area contributed by atoms with E-state index in [1.807, 2.05) is 6.07 Å². The quantitative estimate of drug-likeness (QED) is 0.908. The van der Waals surface area contributed by atoms with Gasteiger partial charge in [0.1, 0.15) is 5.75 Å². The van der Waals surface area contributed by atoms with Crippen LogP contribution >= 0.6 is 0 Å². The third kappa shape index (κ3) is 2.47. The molecule has 1 aliphatic carbocycles. The summed E-state index contributed by atoms with van der Waals surface area (Å²) < 4.78 is 5.80. The average molecular weight is 287 g/mol. The summed E-state index contributed by atoms with van der Waals surface area (Å²) in [5.74, 6) is 2.04. The lowest BCUT2D eigenvalue weighted by molar-refractivity contribution is -0.0960. The molecule has 0 bridgehead atoms. The second kappa shape index (κ2) is 5.29. The fraction of sp³-hybridized carbons (Fsp3) is 0.667. The first-order valence-electron chi connectivity index (χ1n) is 8.41. The van der Waals surface area contributed by atoms with E-state index in [4.69, 9.17) is 4.74 Å². The van der Waals surface area contributed by atoms with E-state index in [1.165, 1.54) is 24.8 Å². The van der Waals surface area contributed by atoms with Crippen LogP contribution in [-0.4, -0.2) is 41.8 Å². The van der Waals surface area contributed by atoms with Gasteiger partial charge >= 0.3 is 0 Å². The maximum absolute atomic E-state index is 10.8. The van der Waals surface area contributed by atoms with Crippen molar-refractivity contribution < 1.29 is 9.84 Å². The van der Waals surface area contributed by atoms with Crippen molar-refractivity contribution in [3.8, 4) is 5.75 Å². The first-order chi connectivity index (χ1) is 10.2. The minimum absolute atomic E-state index is 0.362. The van der Waals surface area contributed by atoms with Crippen LogP contribution in [0.3, 0.4) is 0 Å². The molecule has 0 radical (unpaired) electrons. The lowest BCUT2D eigenvalue weighted by atomic mass is 9.71. The van der Waals surface area contributed by atoms with Crippen molar-refractivity contribution >= 4 is 0 Å². The van der Waals surface area contributed by atoms with Gasteiger partial charge in [0.2, 0.25) is 0 Å². The van der Waals surface area contributed by atoms with E-state index in [0.717, 1.165) is 44.8 Å². The molecule has 114 valence electrons. The Labute approximate surface area is 126 Å². The van der Waals surface area contributed by atoms with E-state index in [0.29, 0.717) is 11.8 Å². The fourth-order valence-electron chi connectivity index (χ4n) is 4.50. The molecule has 1 saturated carbocycles. The number of fused-ring (bicyclic) bond motifs is 2. The van der Waals surface area contributed by atoms with Crippen LogP contribution in [0.1, 0.15) is 43.6 Å². The van der Waals surface area contributed by atoms with E-state index >= 15 is 0 Å². The molecule has 1 N–H and O–H groups in total. The summed E-state index contributed by atoms with van der Waals surface area (Å²) in [7, 11) is 0. The molecule has 4 rings (SSSR count). The predicted molar refractivity (Wildman–Crippen MR) is 82.6 cm³/mol. The van der Waals surface area contributed by atoms with Gasteiger partial charge in [-0.15, -0.1) is 0 Å². The van der Waals surface area contributed by atoms with Crippen molar-refractivity contribution in [1.82, 2.24) is 4.90 Å². The zero-order valence-electron chi connectivity index (χ0n) is 12.6. The number of aliphatic hydroxyl groups is 1. The number of piperidine rings is 1. The summed E-state index contributed by atoms with van der Waals surface area (Å²) >= 11 is 0. The number of para-hydroxylation sites is 1. The van der Waals surface area contributed by atoms with Crippen molar-refractivity contribution in [2.24, 2.45) is 5.92 Å². The van der Waals surface area contributed by atoms with Crippen LogP contribution in [0, 0.1) is 5.92 Å². The van der Waals surface area contributed by atoms with Gasteiger partial charge in [0.15, 0.2) is 0 Å². The standard InChI is InChI=1S/C18H25NO2/c20-18-8-4-3-5-15(18)12-19(10-9-18)11-14-13-21-17-7-2-1-6-16(14)17/h1-2,6-7,14-15,20H,3-5,8-13H2. The number of hydrogen-bond donors (Lipinski definition) is 1. The third-order valence-electron chi connectivity index (χ3n) is 5.79. The topological polar surface area (TPSA) is 32.7 Å². The van der Waals surface area contributed by atoms with Crippen LogP contribution < -0.4 is 4.74 Å². The summed E-state index contributed by atoms with van der Waals surface area (Å²) in [6.07, 6.45) is 5.66. The van der Waals surface area contributed by atoms with Crippen molar-refractivity contribution in [3.63, 3.8) is 0 Å². The van der Waals surface area contributed by atoms with Gasteiger partial charge in [-0.2, -0.15) is 0 Å². The van der Waals surface area contributed by atoms with Crippen LogP contribution in [0.5, 0.6) is 5.75 Å². The molecule has 0 spiro atoms. The zero-order valence-corrected chi connectivity index (χ0v) is 12.6. The van der Waals surface area contributed by atoms with Crippen LogP contribution in [-0.2, 0) is 0 Å². The van der Waals surface area contributed by atoms with Crippen LogP contribution in [0.15, 0.2) is 24.3 Å². The predicted octanol–water partition coefficient (Wildman–Crippen LogP) is 2.79. The Morgan fingerprint density at radius 1 is 1.24 bits per heavy atom. The smallest absolute Gasteiger partial charge is 0.122 e. The summed E-state index contributed by atoms with van der Waals surface area (Å²) in [6.45, 7) is 3.98. The number of benzene rings is 1.